The summed E-state index contributed by atoms with van der Waals surface area (Å²) in [7, 11) is -3.60. The molecule has 0 aliphatic carbocycles. The fraction of sp³-hybridized carbons (Fsp3) is 0.308. The lowest BCUT2D eigenvalue weighted by Crippen LogP contribution is -2.27. The molecule has 5 nitrogen and oxygen atoms in total. The minimum absolute atomic E-state index is 0.222. The van der Waals surface area contributed by atoms with Gasteiger partial charge in [0.15, 0.2) is 0 Å². The molecule has 0 amide bonds. The van der Waals surface area contributed by atoms with E-state index in [0.717, 1.165) is 10.0 Å². The molecule has 2 aromatic rings. The number of rotatable bonds is 4. The van der Waals surface area contributed by atoms with Crippen LogP contribution in [0.1, 0.15) is 29.9 Å². The number of nitrogens with one attached hydrogen (secondary N) is 2. The number of aryl methyl sites for hydroxylation is 2. The third kappa shape index (κ3) is 3.11. The van der Waals surface area contributed by atoms with Crippen LogP contribution in [0.5, 0.6) is 0 Å². The van der Waals surface area contributed by atoms with Crippen molar-refractivity contribution in [3.05, 3.63) is 45.7 Å². The van der Waals surface area contributed by atoms with Gasteiger partial charge >= 0.3 is 0 Å². The molecule has 0 saturated heterocycles. The second-order valence-electron chi connectivity index (χ2n) is 4.66. The number of aromatic nitrogens is 2. The zero-order valence-electron chi connectivity index (χ0n) is 11.4. The summed E-state index contributed by atoms with van der Waals surface area (Å²) in [6, 6.07) is 7.22. The molecule has 0 radical (unpaired) electrons. The van der Waals surface area contributed by atoms with Gasteiger partial charge < -0.3 is 0 Å². The molecule has 108 valence electrons. The number of aromatic amines is 1. The lowest BCUT2D eigenvalue weighted by Gasteiger charge is -2.15. The fourth-order valence-electron chi connectivity index (χ4n) is 2.07. The van der Waals surface area contributed by atoms with E-state index in [2.05, 4.69) is 30.8 Å². The molecular weight excluding hydrogens is 342 g/mol. The van der Waals surface area contributed by atoms with Gasteiger partial charge in [-0.1, -0.05) is 28.1 Å². The molecule has 7 heteroatoms. The van der Waals surface area contributed by atoms with E-state index in [1.165, 1.54) is 0 Å². The van der Waals surface area contributed by atoms with E-state index in [4.69, 9.17) is 0 Å². The van der Waals surface area contributed by atoms with E-state index in [1.54, 1.807) is 13.8 Å². The maximum absolute atomic E-state index is 12.4. The molecule has 0 spiro atoms. The molecule has 0 saturated carbocycles. The van der Waals surface area contributed by atoms with Gasteiger partial charge in [0.05, 0.1) is 11.4 Å². The van der Waals surface area contributed by atoms with Gasteiger partial charge in [-0.25, -0.2) is 13.1 Å². The summed E-state index contributed by atoms with van der Waals surface area (Å²) >= 11 is 3.38. The molecule has 1 unspecified atom stereocenters. The highest BCUT2D eigenvalue weighted by molar-refractivity contribution is 9.10. The average molecular weight is 358 g/mol. The summed E-state index contributed by atoms with van der Waals surface area (Å²) in [5, 5.41) is 6.61. The number of hydrogen-bond acceptors (Lipinski definition) is 3. The Morgan fingerprint density at radius 1 is 1.35 bits per heavy atom. The van der Waals surface area contributed by atoms with Crippen LogP contribution in [0.2, 0.25) is 0 Å². The smallest absolute Gasteiger partial charge is 0.244 e. The van der Waals surface area contributed by atoms with E-state index in [0.29, 0.717) is 11.4 Å². The molecule has 0 aliphatic rings. The van der Waals surface area contributed by atoms with Crippen molar-refractivity contribution >= 4 is 26.0 Å². The van der Waals surface area contributed by atoms with Gasteiger partial charge in [0, 0.05) is 10.5 Å². The van der Waals surface area contributed by atoms with Crippen LogP contribution in [-0.2, 0) is 10.0 Å². The number of sulfonamides is 1. The second kappa shape index (κ2) is 5.67. The molecule has 0 aliphatic heterocycles. The number of nitrogens with zero attached hydrogens (tertiary/aromatic N) is 1. The van der Waals surface area contributed by atoms with Gasteiger partial charge in [0.25, 0.3) is 0 Å². The molecule has 20 heavy (non-hydrogen) atoms. The predicted octanol–water partition coefficient (Wildman–Crippen LogP) is 2.83. The van der Waals surface area contributed by atoms with Crippen LogP contribution < -0.4 is 4.72 Å². The van der Waals surface area contributed by atoms with Crippen LogP contribution in [0, 0.1) is 13.8 Å². The fourth-order valence-corrected chi connectivity index (χ4v) is 4.09. The zero-order valence-corrected chi connectivity index (χ0v) is 13.8. The van der Waals surface area contributed by atoms with Crippen molar-refractivity contribution in [2.75, 3.05) is 0 Å². The first kappa shape index (κ1) is 15.2. The molecule has 1 atom stereocenters. The Hall–Kier alpha value is -1.18. The summed E-state index contributed by atoms with van der Waals surface area (Å²) in [4.78, 5) is 0.222. The third-order valence-corrected chi connectivity index (χ3v) is 5.31. The average Bonchev–Trinajstić information content (AvgIpc) is 2.69. The minimum Gasteiger partial charge on any atom is -0.281 e. The first-order valence-electron chi connectivity index (χ1n) is 6.10. The van der Waals surface area contributed by atoms with Crippen molar-refractivity contribution in [3.8, 4) is 0 Å². The number of halogens is 1. The Morgan fingerprint density at radius 2 is 2.05 bits per heavy atom. The first-order chi connectivity index (χ1) is 9.31. The van der Waals surface area contributed by atoms with Gasteiger partial charge in [0.1, 0.15) is 4.90 Å². The molecule has 1 aromatic heterocycles. The maximum atomic E-state index is 12.4. The maximum Gasteiger partial charge on any atom is 0.244 e. The molecule has 0 fully saturated rings. The first-order valence-corrected chi connectivity index (χ1v) is 8.38. The van der Waals surface area contributed by atoms with Crippen LogP contribution in [0.15, 0.2) is 33.6 Å². The van der Waals surface area contributed by atoms with E-state index >= 15 is 0 Å². The van der Waals surface area contributed by atoms with Crippen molar-refractivity contribution in [3.63, 3.8) is 0 Å². The third-order valence-electron chi connectivity index (χ3n) is 3.01. The highest BCUT2D eigenvalue weighted by Crippen LogP contribution is 2.22. The van der Waals surface area contributed by atoms with Crippen LogP contribution in [-0.4, -0.2) is 18.6 Å². The Morgan fingerprint density at radius 3 is 2.60 bits per heavy atom. The van der Waals surface area contributed by atoms with Crippen LogP contribution >= 0.6 is 15.9 Å². The predicted molar refractivity (Wildman–Crippen MR) is 80.9 cm³/mol. The quantitative estimate of drug-likeness (QED) is 0.883. The highest BCUT2D eigenvalue weighted by atomic mass is 79.9. The van der Waals surface area contributed by atoms with Crippen LogP contribution in [0.25, 0.3) is 0 Å². The highest BCUT2D eigenvalue weighted by Gasteiger charge is 2.24. The molecule has 0 bridgehead atoms. The van der Waals surface area contributed by atoms with Gasteiger partial charge in [-0.05, 0) is 38.5 Å². The van der Waals surface area contributed by atoms with E-state index in [-0.39, 0.29) is 10.9 Å². The monoisotopic (exact) mass is 357 g/mol. The molecular formula is C13H16BrN3O2S. The Labute approximate surface area is 127 Å². The number of H-pyrrole nitrogens is 1. The summed E-state index contributed by atoms with van der Waals surface area (Å²) < 4.78 is 28.4. The lowest BCUT2D eigenvalue weighted by molar-refractivity contribution is 0.565. The van der Waals surface area contributed by atoms with Crippen molar-refractivity contribution < 1.29 is 8.42 Å². The Balaban J connectivity index is 2.29. The number of hydrogen-bond donors (Lipinski definition) is 2. The molecule has 1 aromatic carbocycles. The largest absolute Gasteiger partial charge is 0.281 e. The summed E-state index contributed by atoms with van der Waals surface area (Å²) in [6.45, 7) is 5.17. The van der Waals surface area contributed by atoms with E-state index in [1.807, 2.05) is 31.2 Å². The normalized spacial score (nSPS) is 13.4. The van der Waals surface area contributed by atoms with Gasteiger partial charge in [0.2, 0.25) is 10.0 Å². The Bertz CT molecular complexity index is 705. The minimum atomic E-state index is -3.60. The summed E-state index contributed by atoms with van der Waals surface area (Å²) in [6.07, 6.45) is 0. The van der Waals surface area contributed by atoms with Crippen molar-refractivity contribution in [1.29, 1.82) is 0 Å². The SMILES string of the molecule is Cc1n[nH]c(C)c1S(=O)(=O)NC(C)c1cccc(Br)c1. The molecule has 2 rings (SSSR count). The standard InChI is InChI=1S/C13H16BrN3O2S/c1-8(11-5-4-6-12(14)7-11)17-20(18,19)13-9(2)15-16-10(13)3/h4-8,17H,1-3H3,(H,15,16). The Kier molecular flexibility index (Phi) is 4.31. The van der Waals surface area contributed by atoms with Crippen molar-refractivity contribution in [2.45, 2.75) is 31.7 Å². The number of benzene rings is 1. The van der Waals surface area contributed by atoms with Gasteiger partial charge in [-0.15, -0.1) is 0 Å². The van der Waals surface area contributed by atoms with Crippen molar-refractivity contribution in [1.82, 2.24) is 14.9 Å². The van der Waals surface area contributed by atoms with Crippen molar-refractivity contribution in [2.24, 2.45) is 0 Å². The molecule has 2 N–H and O–H groups in total. The summed E-state index contributed by atoms with van der Waals surface area (Å²) in [5.74, 6) is 0. The second-order valence-corrected chi connectivity index (χ2v) is 7.23. The van der Waals surface area contributed by atoms with E-state index in [9.17, 15) is 8.42 Å². The zero-order chi connectivity index (χ0) is 14.9. The lowest BCUT2D eigenvalue weighted by atomic mass is 10.1. The topological polar surface area (TPSA) is 74.8 Å². The van der Waals surface area contributed by atoms with Gasteiger partial charge in [-0.3, -0.25) is 5.10 Å². The van der Waals surface area contributed by atoms with Crippen LogP contribution in [0.4, 0.5) is 0 Å². The summed E-state index contributed by atoms with van der Waals surface area (Å²) in [5.41, 5.74) is 1.90. The molecule has 1 heterocycles. The van der Waals surface area contributed by atoms with E-state index < -0.39 is 10.0 Å². The van der Waals surface area contributed by atoms with Gasteiger partial charge in [-0.2, -0.15) is 5.10 Å². The van der Waals surface area contributed by atoms with Crippen LogP contribution in [0.3, 0.4) is 0 Å².